The molecule has 0 bridgehead atoms. The molecule has 4 rings (SSSR count). The van der Waals surface area contributed by atoms with Crippen LogP contribution in [-0.4, -0.2) is 95.6 Å². The first-order valence-electron chi connectivity index (χ1n) is 11.8. The Hall–Kier alpha value is -2.69. The molecule has 1 atom stereocenters. The summed E-state index contributed by atoms with van der Waals surface area (Å²) in [6.45, 7) is 5.90. The first-order valence-corrected chi connectivity index (χ1v) is 13.2. The first-order chi connectivity index (χ1) is 16.3. The molecule has 2 aromatic rings. The molecular formula is C24H32N4O5S. The van der Waals surface area contributed by atoms with E-state index < -0.39 is 16.3 Å². The molecule has 0 aliphatic carbocycles. The molecule has 10 heteroatoms. The molecule has 2 aromatic carbocycles. The maximum Gasteiger partial charge on any atom is 0.282 e. The SMILES string of the molecule is CCN(CC)S(=O)(=O)N1CCN(C(=O)C2CCCN2C(=O)c2ccc3ccccc3c2O)CC1. The van der Waals surface area contributed by atoms with E-state index >= 15 is 0 Å². The highest BCUT2D eigenvalue weighted by Crippen LogP contribution is 2.31. The summed E-state index contributed by atoms with van der Waals surface area (Å²) in [5.41, 5.74) is 0.188. The molecule has 2 heterocycles. The number of phenols is 1. The van der Waals surface area contributed by atoms with Gasteiger partial charge >= 0.3 is 0 Å². The molecule has 0 spiro atoms. The van der Waals surface area contributed by atoms with Crippen LogP contribution in [-0.2, 0) is 15.0 Å². The van der Waals surface area contributed by atoms with Gasteiger partial charge in [0.1, 0.15) is 11.8 Å². The number of piperazine rings is 1. The molecule has 2 amide bonds. The zero-order valence-electron chi connectivity index (χ0n) is 19.7. The molecule has 34 heavy (non-hydrogen) atoms. The number of amides is 2. The third-order valence-electron chi connectivity index (χ3n) is 6.84. The monoisotopic (exact) mass is 488 g/mol. The van der Waals surface area contributed by atoms with E-state index in [2.05, 4.69) is 0 Å². The van der Waals surface area contributed by atoms with E-state index in [4.69, 9.17) is 0 Å². The normalized spacial score (nSPS) is 19.8. The Morgan fingerprint density at radius 3 is 2.35 bits per heavy atom. The van der Waals surface area contributed by atoms with Crippen molar-refractivity contribution in [3.63, 3.8) is 0 Å². The van der Waals surface area contributed by atoms with Crippen molar-refractivity contribution < 1.29 is 23.1 Å². The van der Waals surface area contributed by atoms with Gasteiger partial charge in [-0.1, -0.05) is 44.2 Å². The van der Waals surface area contributed by atoms with E-state index in [0.29, 0.717) is 51.0 Å². The molecular weight excluding hydrogens is 456 g/mol. The first kappa shape index (κ1) is 24.4. The maximum absolute atomic E-state index is 13.3. The van der Waals surface area contributed by atoms with Crippen LogP contribution in [0.1, 0.15) is 37.0 Å². The van der Waals surface area contributed by atoms with E-state index in [9.17, 15) is 23.1 Å². The fourth-order valence-corrected chi connectivity index (χ4v) is 6.52. The molecule has 2 aliphatic rings. The van der Waals surface area contributed by atoms with Gasteiger partial charge in [-0.25, -0.2) is 0 Å². The van der Waals surface area contributed by atoms with Crippen molar-refractivity contribution in [2.45, 2.75) is 32.7 Å². The number of nitrogens with zero attached hydrogens (tertiary/aromatic N) is 4. The third-order valence-corrected chi connectivity index (χ3v) is 9.02. The van der Waals surface area contributed by atoms with E-state index in [1.165, 1.54) is 8.61 Å². The predicted molar refractivity (Wildman–Crippen MR) is 130 cm³/mol. The molecule has 0 saturated carbocycles. The lowest BCUT2D eigenvalue weighted by Crippen LogP contribution is -2.57. The average Bonchev–Trinajstić information content (AvgIpc) is 3.34. The number of likely N-dealkylation sites (tertiary alicyclic amines) is 1. The number of aromatic hydroxyl groups is 1. The van der Waals surface area contributed by atoms with Crippen LogP contribution >= 0.6 is 0 Å². The van der Waals surface area contributed by atoms with Crippen molar-refractivity contribution >= 4 is 32.8 Å². The van der Waals surface area contributed by atoms with E-state index in [-0.39, 0.29) is 36.2 Å². The standard InChI is InChI=1S/C24H32N4O5S/c1-3-26(4-2)34(32,33)27-16-14-25(15-17-27)24(31)21-10-7-13-28(21)23(30)20-12-11-18-8-5-6-9-19(18)22(20)29/h5-6,8-9,11-12,21,29H,3-4,7,10,13-17H2,1-2H3. The zero-order chi connectivity index (χ0) is 24.5. The highest BCUT2D eigenvalue weighted by Gasteiger charge is 2.40. The average molecular weight is 489 g/mol. The van der Waals surface area contributed by atoms with Gasteiger partial charge in [0, 0.05) is 51.2 Å². The Bertz CT molecular complexity index is 1170. The van der Waals surface area contributed by atoms with Crippen molar-refractivity contribution in [2.24, 2.45) is 0 Å². The van der Waals surface area contributed by atoms with Crippen molar-refractivity contribution in [1.82, 2.24) is 18.4 Å². The third kappa shape index (κ3) is 4.37. The van der Waals surface area contributed by atoms with Crippen LogP contribution < -0.4 is 0 Å². The number of phenolic OH excluding ortho intramolecular Hbond substituents is 1. The Labute approximate surface area is 200 Å². The van der Waals surface area contributed by atoms with Gasteiger partial charge in [-0.3, -0.25) is 9.59 Å². The fourth-order valence-electron chi connectivity index (χ4n) is 4.91. The number of carbonyl (C=O) groups is 2. The minimum absolute atomic E-state index is 0.0728. The minimum Gasteiger partial charge on any atom is -0.506 e. The summed E-state index contributed by atoms with van der Waals surface area (Å²) >= 11 is 0. The summed E-state index contributed by atoms with van der Waals surface area (Å²) in [5.74, 6) is -0.593. The quantitative estimate of drug-likeness (QED) is 0.669. The highest BCUT2D eigenvalue weighted by atomic mass is 32.2. The van der Waals surface area contributed by atoms with Gasteiger partial charge in [-0.15, -0.1) is 0 Å². The second kappa shape index (κ2) is 9.89. The molecule has 0 radical (unpaired) electrons. The van der Waals surface area contributed by atoms with Gasteiger partial charge in [0.2, 0.25) is 5.91 Å². The molecule has 2 fully saturated rings. The summed E-state index contributed by atoms with van der Waals surface area (Å²) in [6.07, 6.45) is 1.25. The molecule has 1 unspecified atom stereocenters. The number of hydrogen-bond donors (Lipinski definition) is 1. The highest BCUT2D eigenvalue weighted by molar-refractivity contribution is 7.86. The second-order valence-electron chi connectivity index (χ2n) is 8.66. The Morgan fingerprint density at radius 1 is 1.00 bits per heavy atom. The van der Waals surface area contributed by atoms with Gasteiger partial charge in [0.05, 0.1) is 5.56 Å². The number of benzene rings is 2. The lowest BCUT2D eigenvalue weighted by molar-refractivity contribution is -0.136. The van der Waals surface area contributed by atoms with Gasteiger partial charge < -0.3 is 14.9 Å². The van der Waals surface area contributed by atoms with Crippen molar-refractivity contribution in [3.8, 4) is 5.75 Å². The molecule has 2 saturated heterocycles. The Morgan fingerprint density at radius 2 is 1.68 bits per heavy atom. The van der Waals surface area contributed by atoms with Gasteiger partial charge in [-0.2, -0.15) is 17.0 Å². The summed E-state index contributed by atoms with van der Waals surface area (Å²) in [4.78, 5) is 29.9. The summed E-state index contributed by atoms with van der Waals surface area (Å²) < 4.78 is 28.4. The molecule has 184 valence electrons. The lowest BCUT2D eigenvalue weighted by Gasteiger charge is -2.38. The van der Waals surface area contributed by atoms with Crippen LogP contribution in [0.5, 0.6) is 5.75 Å². The van der Waals surface area contributed by atoms with Crippen LogP contribution in [0, 0.1) is 0 Å². The van der Waals surface area contributed by atoms with Gasteiger partial charge in [0.25, 0.3) is 16.1 Å². The molecule has 9 nitrogen and oxygen atoms in total. The number of rotatable bonds is 6. The topological polar surface area (TPSA) is 101 Å². The number of hydrogen-bond acceptors (Lipinski definition) is 5. The Balaban J connectivity index is 1.46. The van der Waals surface area contributed by atoms with Crippen molar-refractivity contribution in [2.75, 3.05) is 45.8 Å². The predicted octanol–water partition coefficient (Wildman–Crippen LogP) is 1.88. The lowest BCUT2D eigenvalue weighted by atomic mass is 10.0. The zero-order valence-corrected chi connectivity index (χ0v) is 20.5. The molecule has 0 aromatic heterocycles. The van der Waals surface area contributed by atoms with Crippen LogP contribution in [0.3, 0.4) is 0 Å². The maximum atomic E-state index is 13.3. The van der Waals surface area contributed by atoms with Crippen LogP contribution in [0.25, 0.3) is 10.8 Å². The summed E-state index contributed by atoms with van der Waals surface area (Å²) in [5, 5.41) is 12.2. The Kier molecular flexibility index (Phi) is 7.11. The summed E-state index contributed by atoms with van der Waals surface area (Å²) in [6, 6.07) is 10.1. The molecule has 2 aliphatic heterocycles. The van der Waals surface area contributed by atoms with E-state index in [0.717, 1.165) is 5.39 Å². The van der Waals surface area contributed by atoms with Gasteiger partial charge in [-0.05, 0) is 24.3 Å². The molecule has 1 N–H and O–H groups in total. The number of carbonyl (C=O) groups excluding carboxylic acids is 2. The summed E-state index contributed by atoms with van der Waals surface area (Å²) in [7, 11) is -3.54. The van der Waals surface area contributed by atoms with Crippen molar-refractivity contribution in [3.05, 3.63) is 42.0 Å². The van der Waals surface area contributed by atoms with E-state index in [1.54, 1.807) is 47.9 Å². The fraction of sp³-hybridized carbons (Fsp3) is 0.500. The van der Waals surface area contributed by atoms with Crippen LogP contribution in [0.2, 0.25) is 0 Å². The largest absolute Gasteiger partial charge is 0.506 e. The smallest absolute Gasteiger partial charge is 0.282 e. The number of fused-ring (bicyclic) bond motifs is 1. The van der Waals surface area contributed by atoms with Crippen molar-refractivity contribution in [1.29, 1.82) is 0 Å². The van der Waals surface area contributed by atoms with Gasteiger partial charge in [0.15, 0.2) is 0 Å². The second-order valence-corrected chi connectivity index (χ2v) is 10.6. The van der Waals surface area contributed by atoms with Crippen LogP contribution in [0.4, 0.5) is 0 Å². The van der Waals surface area contributed by atoms with E-state index in [1.807, 2.05) is 12.1 Å². The minimum atomic E-state index is -3.54. The van der Waals surface area contributed by atoms with Crippen LogP contribution in [0.15, 0.2) is 36.4 Å².